The van der Waals surface area contributed by atoms with E-state index >= 15 is 0 Å². The highest BCUT2D eigenvalue weighted by atomic mass is 17.2. The fraction of sp³-hybridized carbons (Fsp3) is 0.400. The molecule has 0 radical (unpaired) electrons. The quantitative estimate of drug-likeness (QED) is 0.433. The average Bonchev–Trinajstić information content (AvgIpc) is 2.36. The van der Waals surface area contributed by atoms with E-state index in [1.807, 2.05) is 0 Å². The van der Waals surface area contributed by atoms with Gasteiger partial charge in [-0.05, 0) is 6.54 Å². The summed E-state index contributed by atoms with van der Waals surface area (Å²) in [7, 11) is 0. The lowest BCUT2D eigenvalue weighted by Gasteiger charge is -1.99. The molecule has 3 N–H and O–H groups in total. The van der Waals surface area contributed by atoms with E-state index in [1.165, 1.54) is 6.33 Å². The first-order chi connectivity index (χ1) is 4.88. The van der Waals surface area contributed by atoms with Gasteiger partial charge in [-0.1, -0.05) is 0 Å². The van der Waals surface area contributed by atoms with Crippen LogP contribution in [0.5, 0.6) is 0 Å². The second-order valence-corrected chi connectivity index (χ2v) is 1.83. The molecule has 1 heterocycles. The Morgan fingerprint density at radius 3 is 3.20 bits per heavy atom. The summed E-state index contributed by atoms with van der Waals surface area (Å²) in [5, 5.41) is 8.22. The largest absolute Gasteiger partial charge is 0.330 e. The zero-order valence-electron chi connectivity index (χ0n) is 5.40. The molecule has 0 spiro atoms. The Bertz CT molecular complexity index is 199. The van der Waals surface area contributed by atoms with E-state index in [2.05, 4.69) is 9.97 Å². The van der Waals surface area contributed by atoms with Crippen LogP contribution >= 0.6 is 0 Å². The maximum absolute atomic E-state index is 8.22. The second-order valence-electron chi connectivity index (χ2n) is 1.83. The summed E-state index contributed by atoms with van der Waals surface area (Å²) in [6.45, 7) is 0.509. The normalized spacial score (nSPS) is 9.80. The Labute approximate surface area is 57.9 Å². The molecule has 1 aromatic rings. The van der Waals surface area contributed by atoms with Crippen molar-refractivity contribution >= 4 is 0 Å². The fourth-order valence-electron chi connectivity index (χ4n) is 0.707. The number of hydrogen-bond donors (Lipinski definition) is 2. The highest BCUT2D eigenvalue weighted by Crippen LogP contribution is 1.95. The Morgan fingerprint density at radius 1 is 1.80 bits per heavy atom. The zero-order chi connectivity index (χ0) is 7.40. The minimum Gasteiger partial charge on any atom is -0.330 e. The first-order valence-corrected chi connectivity index (χ1v) is 2.91. The van der Waals surface area contributed by atoms with Crippen LogP contribution < -0.4 is 10.7 Å². The Hall–Kier alpha value is -1.07. The number of aromatic nitrogens is 2. The summed E-state index contributed by atoms with van der Waals surface area (Å²) in [4.78, 5) is 7.67. The Kier molecular flexibility index (Phi) is 2.24. The number of rotatable bonds is 3. The molecule has 0 unspecified atom stereocenters. The summed E-state index contributed by atoms with van der Waals surface area (Å²) in [5.74, 6) is 0. The molecule has 0 bridgehead atoms. The fourth-order valence-corrected chi connectivity index (χ4v) is 0.707. The van der Waals surface area contributed by atoms with Crippen molar-refractivity contribution < 1.29 is 10.2 Å². The third-order valence-corrected chi connectivity index (χ3v) is 1.17. The van der Waals surface area contributed by atoms with Crippen LogP contribution in [0.4, 0.5) is 0 Å². The van der Waals surface area contributed by atoms with Gasteiger partial charge in [-0.3, -0.25) is 0 Å². The molecule has 0 aliphatic rings. The summed E-state index contributed by atoms with van der Waals surface area (Å²) in [6.07, 6.45) is 3.59. The van der Waals surface area contributed by atoms with Crippen LogP contribution in [0.15, 0.2) is 12.5 Å². The van der Waals surface area contributed by atoms with E-state index in [-0.39, 0.29) is 0 Å². The maximum atomic E-state index is 8.22. The molecule has 1 rings (SSSR count). The van der Waals surface area contributed by atoms with E-state index < -0.39 is 0 Å². The molecule has 10 heavy (non-hydrogen) atoms. The third kappa shape index (κ3) is 1.26. The van der Waals surface area contributed by atoms with Gasteiger partial charge in [0.15, 0.2) is 0 Å². The van der Waals surface area contributed by atoms with E-state index in [0.717, 1.165) is 10.4 Å². The standard InChI is InChI=1S/C5H9N3O2/c6-2-1-5-3-7-4-8(5)10-9/h3-4,9H,1-2,6H2. The van der Waals surface area contributed by atoms with Crippen molar-refractivity contribution in [3.8, 4) is 0 Å². The number of imidazole rings is 1. The molecule has 56 valence electrons. The molecule has 5 heteroatoms. The van der Waals surface area contributed by atoms with Crippen molar-refractivity contribution in [1.29, 1.82) is 0 Å². The van der Waals surface area contributed by atoms with Crippen LogP contribution in [0.25, 0.3) is 0 Å². The predicted octanol–water partition coefficient (Wildman–Crippen LogP) is -0.714. The van der Waals surface area contributed by atoms with Crippen LogP contribution in [0.1, 0.15) is 5.69 Å². The predicted molar refractivity (Wildman–Crippen MR) is 34.2 cm³/mol. The van der Waals surface area contributed by atoms with Gasteiger partial charge >= 0.3 is 0 Å². The topological polar surface area (TPSA) is 73.3 Å². The molecule has 0 saturated heterocycles. The Balaban J connectivity index is 2.70. The molecular weight excluding hydrogens is 134 g/mol. The highest BCUT2D eigenvalue weighted by molar-refractivity contribution is 4.96. The molecule has 0 aliphatic carbocycles. The first-order valence-electron chi connectivity index (χ1n) is 2.91. The summed E-state index contributed by atoms with van der Waals surface area (Å²) < 4.78 is 1.16. The van der Waals surface area contributed by atoms with Crippen molar-refractivity contribution in [3.05, 3.63) is 18.2 Å². The monoisotopic (exact) mass is 143 g/mol. The van der Waals surface area contributed by atoms with Gasteiger partial charge in [-0.2, -0.15) is 5.26 Å². The average molecular weight is 143 g/mol. The zero-order valence-corrected chi connectivity index (χ0v) is 5.40. The van der Waals surface area contributed by atoms with E-state index in [1.54, 1.807) is 6.20 Å². The van der Waals surface area contributed by atoms with Gasteiger partial charge in [0, 0.05) is 6.42 Å². The molecule has 0 aliphatic heterocycles. The van der Waals surface area contributed by atoms with E-state index in [4.69, 9.17) is 11.0 Å². The van der Waals surface area contributed by atoms with E-state index in [0.29, 0.717) is 13.0 Å². The van der Waals surface area contributed by atoms with Crippen molar-refractivity contribution in [3.63, 3.8) is 0 Å². The van der Waals surface area contributed by atoms with Gasteiger partial charge in [-0.25, -0.2) is 9.97 Å². The molecule has 0 fully saturated rings. The minimum atomic E-state index is 0.509. The number of nitrogens with zero attached hydrogens (tertiary/aromatic N) is 2. The van der Waals surface area contributed by atoms with Crippen molar-refractivity contribution in [2.75, 3.05) is 6.54 Å². The van der Waals surface area contributed by atoms with Crippen LogP contribution in [-0.2, 0) is 6.42 Å². The van der Waals surface area contributed by atoms with Crippen LogP contribution in [-0.4, -0.2) is 21.5 Å². The van der Waals surface area contributed by atoms with Crippen molar-refractivity contribution in [2.24, 2.45) is 5.73 Å². The van der Waals surface area contributed by atoms with Crippen LogP contribution in [0.2, 0.25) is 0 Å². The summed E-state index contributed by atoms with van der Waals surface area (Å²) >= 11 is 0. The molecule has 5 nitrogen and oxygen atoms in total. The molecule has 0 aromatic carbocycles. The molecule has 0 atom stereocenters. The third-order valence-electron chi connectivity index (χ3n) is 1.17. The SMILES string of the molecule is NCCc1cncn1OO. The minimum absolute atomic E-state index is 0.509. The van der Waals surface area contributed by atoms with Crippen molar-refractivity contribution in [1.82, 2.24) is 9.71 Å². The van der Waals surface area contributed by atoms with Gasteiger partial charge < -0.3 is 5.73 Å². The van der Waals surface area contributed by atoms with Crippen LogP contribution in [0, 0.1) is 0 Å². The van der Waals surface area contributed by atoms with Crippen molar-refractivity contribution in [2.45, 2.75) is 6.42 Å². The molecule has 1 aromatic heterocycles. The van der Waals surface area contributed by atoms with E-state index in [9.17, 15) is 0 Å². The number of nitrogens with two attached hydrogens (primary N) is 1. The maximum Gasteiger partial charge on any atom is 0.135 e. The highest BCUT2D eigenvalue weighted by Gasteiger charge is 1.99. The van der Waals surface area contributed by atoms with Gasteiger partial charge in [-0.15, -0.1) is 4.73 Å². The van der Waals surface area contributed by atoms with Gasteiger partial charge in [0.2, 0.25) is 0 Å². The molecule has 0 amide bonds. The molecular formula is C5H9N3O2. The molecule has 0 saturated carbocycles. The lowest BCUT2D eigenvalue weighted by Crippen LogP contribution is -2.12. The summed E-state index contributed by atoms with van der Waals surface area (Å²) in [5.41, 5.74) is 6.02. The summed E-state index contributed by atoms with van der Waals surface area (Å²) in [6, 6.07) is 0. The number of hydrogen-bond acceptors (Lipinski definition) is 4. The first kappa shape index (κ1) is 7.04. The smallest absolute Gasteiger partial charge is 0.135 e. The van der Waals surface area contributed by atoms with Gasteiger partial charge in [0.05, 0.1) is 11.9 Å². The van der Waals surface area contributed by atoms with Crippen LogP contribution in [0.3, 0.4) is 0 Å². The lowest BCUT2D eigenvalue weighted by molar-refractivity contribution is -0.244. The second kappa shape index (κ2) is 3.19. The Morgan fingerprint density at radius 2 is 2.60 bits per heavy atom. The van der Waals surface area contributed by atoms with Gasteiger partial charge in [0.1, 0.15) is 6.33 Å². The van der Waals surface area contributed by atoms with Gasteiger partial charge in [0.25, 0.3) is 0 Å². The lowest BCUT2D eigenvalue weighted by atomic mass is 10.3.